The van der Waals surface area contributed by atoms with Gasteiger partial charge in [-0.15, -0.1) is 0 Å². The van der Waals surface area contributed by atoms with Crippen LogP contribution in [0.4, 0.5) is 11.4 Å². The van der Waals surface area contributed by atoms with E-state index in [1.54, 1.807) is 43.3 Å². The zero-order valence-electron chi connectivity index (χ0n) is 17.9. The van der Waals surface area contributed by atoms with Gasteiger partial charge in [-0.3, -0.25) is 9.10 Å². The highest BCUT2D eigenvalue weighted by Gasteiger charge is 2.31. The highest BCUT2D eigenvalue weighted by Crippen LogP contribution is 2.26. The summed E-state index contributed by atoms with van der Waals surface area (Å²) in [7, 11) is -3.66. The molecule has 2 rings (SSSR count). The highest BCUT2D eigenvalue weighted by molar-refractivity contribution is 7.92. The normalized spacial score (nSPS) is 12.5. The first-order valence-corrected chi connectivity index (χ1v) is 11.5. The molecule has 0 saturated carbocycles. The first kappa shape index (κ1) is 22.7. The molecule has 0 aliphatic heterocycles. The maximum atomic E-state index is 13.0. The monoisotopic (exact) mass is 418 g/mol. The number of sulfonamides is 1. The first-order chi connectivity index (χ1) is 13.5. The molecule has 0 fully saturated rings. The highest BCUT2D eigenvalue weighted by atomic mass is 32.2. The molecule has 29 heavy (non-hydrogen) atoms. The van der Waals surface area contributed by atoms with Gasteiger partial charge < -0.3 is 10.1 Å². The third-order valence-corrected chi connectivity index (χ3v) is 5.75. The number of nitrogens with one attached hydrogen (secondary N) is 1. The standard InChI is InChI=1S/C22H30N2O4S/c1-7-21(22(25)23-18-9-12-20(13-10-18)28-15(2)3)24(29(6,26)27)19-11-8-16(4)17(5)14-19/h8-15,21H,7H2,1-6H3,(H,23,25)/t21-/m0/s1. The molecule has 0 aliphatic rings. The van der Waals surface area contributed by atoms with Crippen molar-refractivity contribution < 1.29 is 17.9 Å². The average Bonchev–Trinajstić information content (AvgIpc) is 2.62. The number of hydrogen-bond donors (Lipinski definition) is 1. The lowest BCUT2D eigenvalue weighted by atomic mass is 10.1. The van der Waals surface area contributed by atoms with E-state index >= 15 is 0 Å². The van der Waals surface area contributed by atoms with Crippen LogP contribution in [0.3, 0.4) is 0 Å². The van der Waals surface area contributed by atoms with Crippen LogP contribution in [0.5, 0.6) is 5.75 Å². The molecule has 0 spiro atoms. The minimum Gasteiger partial charge on any atom is -0.491 e. The van der Waals surface area contributed by atoms with E-state index in [0.29, 0.717) is 23.5 Å². The summed E-state index contributed by atoms with van der Waals surface area (Å²) in [5.41, 5.74) is 3.09. The Morgan fingerprint density at radius 1 is 1.07 bits per heavy atom. The van der Waals surface area contributed by atoms with Crippen molar-refractivity contribution in [3.8, 4) is 5.75 Å². The van der Waals surface area contributed by atoms with Crippen LogP contribution in [-0.2, 0) is 14.8 Å². The Labute approximate surface area is 173 Å². The van der Waals surface area contributed by atoms with Crippen LogP contribution in [0.1, 0.15) is 38.3 Å². The molecular formula is C22H30N2O4S. The molecule has 1 atom stereocenters. The van der Waals surface area contributed by atoms with E-state index in [9.17, 15) is 13.2 Å². The average molecular weight is 419 g/mol. The van der Waals surface area contributed by atoms with Gasteiger partial charge in [-0.1, -0.05) is 13.0 Å². The molecule has 0 saturated heterocycles. The van der Waals surface area contributed by atoms with Crippen LogP contribution in [-0.4, -0.2) is 32.7 Å². The van der Waals surface area contributed by atoms with E-state index in [1.807, 2.05) is 33.8 Å². The van der Waals surface area contributed by atoms with Gasteiger partial charge in [0.05, 0.1) is 18.0 Å². The number of nitrogens with zero attached hydrogens (tertiary/aromatic N) is 1. The number of hydrogen-bond acceptors (Lipinski definition) is 4. The van der Waals surface area contributed by atoms with Crippen molar-refractivity contribution >= 4 is 27.3 Å². The van der Waals surface area contributed by atoms with E-state index in [2.05, 4.69) is 5.32 Å². The first-order valence-electron chi connectivity index (χ1n) is 9.67. The summed E-state index contributed by atoms with van der Waals surface area (Å²) in [5.74, 6) is 0.326. The van der Waals surface area contributed by atoms with Gasteiger partial charge in [0.15, 0.2) is 0 Å². The summed E-state index contributed by atoms with van der Waals surface area (Å²) in [4.78, 5) is 13.0. The van der Waals surface area contributed by atoms with Crippen molar-refractivity contribution in [1.29, 1.82) is 0 Å². The molecule has 6 nitrogen and oxygen atoms in total. The summed E-state index contributed by atoms with van der Waals surface area (Å²) >= 11 is 0. The van der Waals surface area contributed by atoms with Crippen molar-refractivity contribution in [3.05, 3.63) is 53.6 Å². The van der Waals surface area contributed by atoms with Gasteiger partial charge in [-0.25, -0.2) is 8.42 Å². The van der Waals surface area contributed by atoms with Gasteiger partial charge in [0, 0.05) is 5.69 Å². The molecule has 0 aromatic heterocycles. The lowest BCUT2D eigenvalue weighted by Gasteiger charge is -2.30. The molecule has 2 aromatic carbocycles. The van der Waals surface area contributed by atoms with Gasteiger partial charge >= 0.3 is 0 Å². The number of aryl methyl sites for hydroxylation is 2. The number of carbonyl (C=O) groups excluding carboxylic acids is 1. The number of amides is 1. The van der Waals surface area contributed by atoms with E-state index in [-0.39, 0.29) is 12.0 Å². The Balaban J connectivity index is 2.29. The van der Waals surface area contributed by atoms with E-state index in [1.165, 1.54) is 4.31 Å². The number of benzene rings is 2. The SMILES string of the molecule is CC[C@@H](C(=O)Nc1ccc(OC(C)C)cc1)N(c1ccc(C)c(C)c1)S(C)(=O)=O. The topological polar surface area (TPSA) is 75.7 Å². The van der Waals surface area contributed by atoms with Gasteiger partial charge in [-0.2, -0.15) is 0 Å². The Morgan fingerprint density at radius 2 is 1.69 bits per heavy atom. The Bertz CT molecular complexity index is 953. The molecule has 1 N–H and O–H groups in total. The molecule has 0 aliphatic carbocycles. The van der Waals surface area contributed by atoms with Crippen molar-refractivity contribution in [2.45, 2.75) is 53.2 Å². The largest absolute Gasteiger partial charge is 0.491 e. The predicted octanol–water partition coefficient (Wildman–Crippen LogP) is 4.27. The molecule has 7 heteroatoms. The number of anilines is 2. The van der Waals surface area contributed by atoms with Gasteiger partial charge in [0.2, 0.25) is 15.9 Å². The van der Waals surface area contributed by atoms with Gasteiger partial charge in [0.25, 0.3) is 0 Å². The number of carbonyl (C=O) groups is 1. The van der Waals surface area contributed by atoms with Crippen molar-refractivity contribution in [2.75, 3.05) is 15.9 Å². The maximum Gasteiger partial charge on any atom is 0.248 e. The lowest BCUT2D eigenvalue weighted by molar-refractivity contribution is -0.117. The van der Waals surface area contributed by atoms with E-state index in [0.717, 1.165) is 17.4 Å². The second-order valence-corrected chi connectivity index (χ2v) is 9.29. The summed E-state index contributed by atoms with van der Waals surface area (Å²) in [6.45, 7) is 9.55. The summed E-state index contributed by atoms with van der Waals surface area (Å²) in [6, 6.07) is 11.6. The van der Waals surface area contributed by atoms with Crippen molar-refractivity contribution in [3.63, 3.8) is 0 Å². The number of rotatable bonds is 8. The Kier molecular flexibility index (Phi) is 7.30. The van der Waals surface area contributed by atoms with Crippen LogP contribution >= 0.6 is 0 Å². The molecule has 158 valence electrons. The quantitative estimate of drug-likeness (QED) is 0.694. The third-order valence-electron chi connectivity index (χ3n) is 4.57. The minimum absolute atomic E-state index is 0.0567. The Hall–Kier alpha value is -2.54. The number of ether oxygens (including phenoxy) is 1. The van der Waals surface area contributed by atoms with Gasteiger partial charge in [-0.05, 0) is 81.6 Å². The molecule has 1 amide bonds. The maximum absolute atomic E-state index is 13.0. The van der Waals surface area contributed by atoms with Crippen molar-refractivity contribution in [1.82, 2.24) is 0 Å². The zero-order chi connectivity index (χ0) is 21.8. The van der Waals surface area contributed by atoms with E-state index in [4.69, 9.17) is 4.74 Å². The molecule has 0 bridgehead atoms. The molecule has 0 heterocycles. The zero-order valence-corrected chi connectivity index (χ0v) is 18.7. The van der Waals surface area contributed by atoms with Crippen LogP contribution in [0.15, 0.2) is 42.5 Å². The second-order valence-electron chi connectivity index (χ2n) is 7.43. The van der Waals surface area contributed by atoms with Crippen LogP contribution in [0.25, 0.3) is 0 Å². The summed E-state index contributed by atoms with van der Waals surface area (Å²) < 4.78 is 31.9. The summed E-state index contributed by atoms with van der Waals surface area (Å²) in [5, 5.41) is 2.82. The second kappa shape index (κ2) is 9.31. The fourth-order valence-electron chi connectivity index (χ4n) is 3.04. The molecular weight excluding hydrogens is 388 g/mol. The predicted molar refractivity (Wildman–Crippen MR) is 118 cm³/mol. The third kappa shape index (κ3) is 5.97. The van der Waals surface area contributed by atoms with Gasteiger partial charge in [0.1, 0.15) is 11.8 Å². The fourth-order valence-corrected chi connectivity index (χ4v) is 4.24. The van der Waals surface area contributed by atoms with Crippen LogP contribution in [0, 0.1) is 13.8 Å². The fraction of sp³-hybridized carbons (Fsp3) is 0.409. The van der Waals surface area contributed by atoms with E-state index < -0.39 is 16.1 Å². The summed E-state index contributed by atoms with van der Waals surface area (Å²) in [6.07, 6.45) is 1.51. The lowest BCUT2D eigenvalue weighted by Crippen LogP contribution is -2.47. The minimum atomic E-state index is -3.66. The molecule has 2 aromatic rings. The van der Waals surface area contributed by atoms with Crippen molar-refractivity contribution in [2.24, 2.45) is 0 Å². The smallest absolute Gasteiger partial charge is 0.248 e. The van der Waals surface area contributed by atoms with Crippen LogP contribution in [0.2, 0.25) is 0 Å². The van der Waals surface area contributed by atoms with Crippen LogP contribution < -0.4 is 14.4 Å². The molecule has 0 unspecified atom stereocenters. The Morgan fingerprint density at radius 3 is 2.17 bits per heavy atom. The molecule has 0 radical (unpaired) electrons.